The Morgan fingerprint density at radius 1 is 0.842 bits per heavy atom. The summed E-state index contributed by atoms with van der Waals surface area (Å²) in [6, 6.07) is 23.8. The van der Waals surface area contributed by atoms with Crippen LogP contribution >= 0.6 is 0 Å². The zero-order valence-electron chi connectivity index (χ0n) is 22.0. The quantitative estimate of drug-likeness (QED) is 0.378. The number of carbonyl (C=O) groups excluding carboxylic acids is 3. The Morgan fingerprint density at radius 2 is 1.42 bits per heavy atom. The van der Waals surface area contributed by atoms with Gasteiger partial charge in [0.1, 0.15) is 18.7 Å². The molecule has 0 bridgehead atoms. The molecule has 0 spiro atoms. The van der Waals surface area contributed by atoms with Crippen LogP contribution in [-0.2, 0) is 25.5 Å². The van der Waals surface area contributed by atoms with Gasteiger partial charge in [0.15, 0.2) is 0 Å². The topological polar surface area (TPSA) is 93.7 Å². The first kappa shape index (κ1) is 26.9. The van der Waals surface area contributed by atoms with E-state index in [2.05, 4.69) is 34.9 Å². The molecule has 0 saturated heterocycles. The van der Waals surface area contributed by atoms with Gasteiger partial charge in [-0.15, -0.1) is 0 Å². The number of benzene rings is 3. The Bertz CT molecular complexity index is 1230. The molecule has 7 heteroatoms. The number of fused-ring (bicyclic) bond motifs is 3. The van der Waals surface area contributed by atoms with E-state index in [9.17, 15) is 14.4 Å². The summed E-state index contributed by atoms with van der Waals surface area (Å²) >= 11 is 0. The summed E-state index contributed by atoms with van der Waals surface area (Å²) in [5.41, 5.74) is 5.38. The van der Waals surface area contributed by atoms with Crippen molar-refractivity contribution in [2.75, 3.05) is 13.7 Å². The van der Waals surface area contributed by atoms with Crippen LogP contribution in [0.5, 0.6) is 0 Å². The van der Waals surface area contributed by atoms with Crippen molar-refractivity contribution >= 4 is 18.0 Å². The highest BCUT2D eigenvalue weighted by molar-refractivity contribution is 5.90. The number of ether oxygens (including phenoxy) is 2. The van der Waals surface area contributed by atoms with Crippen molar-refractivity contribution in [2.45, 2.75) is 44.7 Å². The van der Waals surface area contributed by atoms with E-state index in [1.54, 1.807) is 0 Å². The molecule has 0 aliphatic heterocycles. The number of nitrogens with one attached hydrogen (secondary N) is 2. The molecule has 0 heterocycles. The maximum absolute atomic E-state index is 13.3. The summed E-state index contributed by atoms with van der Waals surface area (Å²) in [5, 5.41) is 5.52. The summed E-state index contributed by atoms with van der Waals surface area (Å²) in [6.45, 7) is 3.96. The van der Waals surface area contributed by atoms with Crippen molar-refractivity contribution in [1.82, 2.24) is 10.6 Å². The molecule has 4 rings (SSSR count). The molecule has 2 amide bonds. The molecule has 0 saturated carbocycles. The summed E-state index contributed by atoms with van der Waals surface area (Å²) in [6.07, 6.45) is 0.241. The third-order valence-corrected chi connectivity index (χ3v) is 7.20. The fourth-order valence-corrected chi connectivity index (χ4v) is 4.92. The van der Waals surface area contributed by atoms with E-state index in [0.29, 0.717) is 6.42 Å². The van der Waals surface area contributed by atoms with Crippen LogP contribution in [0.1, 0.15) is 42.9 Å². The molecule has 3 aromatic rings. The van der Waals surface area contributed by atoms with E-state index in [-0.39, 0.29) is 24.9 Å². The molecule has 198 valence electrons. The molecule has 3 atom stereocenters. The summed E-state index contributed by atoms with van der Waals surface area (Å²) in [5.74, 6) is -1.28. The molecule has 0 fully saturated rings. The number of carbonyl (C=O) groups is 3. The standard InChI is InChI=1S/C31H34N2O5/c1-4-20(2)28(29(34)32-27(30(35)37-3)18-21-12-6-5-7-13-21)33-31(36)38-19-26-24-16-10-8-14-22(24)23-15-9-11-17-25(23)26/h5-17,20,26-28H,4,18-19H2,1-3H3,(H,32,34)(H,33,36)/t20-,27-,28-/m0/s1. The molecule has 7 nitrogen and oxygen atoms in total. The average molecular weight is 515 g/mol. The molecule has 0 aromatic heterocycles. The smallest absolute Gasteiger partial charge is 0.407 e. The zero-order valence-corrected chi connectivity index (χ0v) is 22.0. The van der Waals surface area contributed by atoms with Crippen molar-refractivity contribution < 1.29 is 23.9 Å². The van der Waals surface area contributed by atoms with Gasteiger partial charge in [-0.1, -0.05) is 99.1 Å². The molecule has 2 N–H and O–H groups in total. The van der Waals surface area contributed by atoms with Gasteiger partial charge in [-0.3, -0.25) is 4.79 Å². The second kappa shape index (κ2) is 12.4. The second-order valence-electron chi connectivity index (χ2n) is 9.61. The largest absolute Gasteiger partial charge is 0.467 e. The Hall–Kier alpha value is -4.13. The fourth-order valence-electron chi connectivity index (χ4n) is 4.92. The number of rotatable bonds is 10. The monoisotopic (exact) mass is 514 g/mol. The minimum absolute atomic E-state index is 0.0846. The van der Waals surface area contributed by atoms with Crippen LogP contribution in [0.4, 0.5) is 4.79 Å². The predicted octanol–water partition coefficient (Wildman–Crippen LogP) is 4.84. The third-order valence-electron chi connectivity index (χ3n) is 7.20. The highest BCUT2D eigenvalue weighted by Crippen LogP contribution is 2.44. The van der Waals surface area contributed by atoms with Crippen LogP contribution in [0, 0.1) is 5.92 Å². The number of esters is 1. The first-order valence-electron chi connectivity index (χ1n) is 13.0. The lowest BCUT2D eigenvalue weighted by molar-refractivity contribution is -0.145. The highest BCUT2D eigenvalue weighted by atomic mass is 16.5. The van der Waals surface area contributed by atoms with Crippen molar-refractivity contribution in [3.8, 4) is 11.1 Å². The molecule has 1 aliphatic rings. The minimum atomic E-state index is -0.884. The van der Waals surface area contributed by atoms with Crippen LogP contribution in [0.2, 0.25) is 0 Å². The van der Waals surface area contributed by atoms with Crippen LogP contribution in [-0.4, -0.2) is 43.8 Å². The van der Waals surface area contributed by atoms with Crippen molar-refractivity contribution in [2.24, 2.45) is 5.92 Å². The van der Waals surface area contributed by atoms with Crippen LogP contribution in [0.15, 0.2) is 78.9 Å². The van der Waals surface area contributed by atoms with E-state index in [1.807, 2.05) is 68.4 Å². The summed E-state index contributed by atoms with van der Waals surface area (Å²) in [4.78, 5) is 38.7. The number of alkyl carbamates (subject to hydrolysis) is 1. The van der Waals surface area contributed by atoms with E-state index >= 15 is 0 Å². The van der Waals surface area contributed by atoms with Gasteiger partial charge in [-0.25, -0.2) is 9.59 Å². The number of hydrogen-bond donors (Lipinski definition) is 2. The minimum Gasteiger partial charge on any atom is -0.467 e. The highest BCUT2D eigenvalue weighted by Gasteiger charge is 2.32. The van der Waals surface area contributed by atoms with Crippen LogP contribution in [0.25, 0.3) is 11.1 Å². The van der Waals surface area contributed by atoms with E-state index in [1.165, 1.54) is 7.11 Å². The normalized spacial score (nSPS) is 14.4. The number of hydrogen-bond acceptors (Lipinski definition) is 5. The summed E-state index contributed by atoms with van der Waals surface area (Å²) < 4.78 is 10.6. The predicted molar refractivity (Wildman–Crippen MR) is 146 cm³/mol. The van der Waals surface area contributed by atoms with E-state index < -0.39 is 30.1 Å². The maximum Gasteiger partial charge on any atom is 0.407 e. The first-order chi connectivity index (χ1) is 18.4. The van der Waals surface area contributed by atoms with E-state index in [0.717, 1.165) is 27.8 Å². The van der Waals surface area contributed by atoms with Crippen LogP contribution < -0.4 is 10.6 Å². The van der Waals surface area contributed by atoms with Crippen molar-refractivity contribution in [1.29, 1.82) is 0 Å². The number of amides is 2. The van der Waals surface area contributed by atoms with Crippen molar-refractivity contribution in [3.05, 3.63) is 95.6 Å². The van der Waals surface area contributed by atoms with Crippen LogP contribution in [0.3, 0.4) is 0 Å². The number of methoxy groups -OCH3 is 1. The molecule has 38 heavy (non-hydrogen) atoms. The Morgan fingerprint density at radius 3 is 2.00 bits per heavy atom. The zero-order chi connectivity index (χ0) is 27.1. The summed E-state index contributed by atoms with van der Waals surface area (Å²) in [7, 11) is 1.29. The van der Waals surface area contributed by atoms with Gasteiger partial charge in [0.25, 0.3) is 0 Å². The van der Waals surface area contributed by atoms with Gasteiger partial charge in [0, 0.05) is 12.3 Å². The maximum atomic E-state index is 13.3. The SMILES string of the molecule is CC[C@H](C)[C@H](NC(=O)OCC1c2ccccc2-c2ccccc21)C(=O)N[C@@H](Cc1ccccc1)C(=O)OC. The fraction of sp³-hybridized carbons (Fsp3) is 0.323. The molecular weight excluding hydrogens is 480 g/mol. The Kier molecular flexibility index (Phi) is 8.79. The second-order valence-corrected chi connectivity index (χ2v) is 9.61. The lowest BCUT2D eigenvalue weighted by atomic mass is 9.97. The molecular formula is C31H34N2O5. The molecule has 0 unspecified atom stereocenters. The van der Waals surface area contributed by atoms with Gasteiger partial charge in [-0.05, 0) is 33.7 Å². The van der Waals surface area contributed by atoms with Gasteiger partial charge in [-0.2, -0.15) is 0 Å². The molecule has 3 aromatic carbocycles. The first-order valence-corrected chi connectivity index (χ1v) is 13.0. The Labute approximate surface area is 223 Å². The van der Waals surface area contributed by atoms with Gasteiger partial charge in [0.2, 0.25) is 5.91 Å². The average Bonchev–Trinajstić information content (AvgIpc) is 3.27. The van der Waals surface area contributed by atoms with E-state index in [4.69, 9.17) is 9.47 Å². The lowest BCUT2D eigenvalue weighted by Gasteiger charge is -2.26. The Balaban J connectivity index is 1.43. The van der Waals surface area contributed by atoms with Gasteiger partial charge < -0.3 is 20.1 Å². The lowest BCUT2D eigenvalue weighted by Crippen LogP contribution is -2.54. The van der Waals surface area contributed by atoms with Gasteiger partial charge >= 0.3 is 12.1 Å². The van der Waals surface area contributed by atoms with Crippen molar-refractivity contribution in [3.63, 3.8) is 0 Å². The molecule has 0 radical (unpaired) electrons. The molecule has 1 aliphatic carbocycles. The third kappa shape index (κ3) is 6.05. The van der Waals surface area contributed by atoms with Gasteiger partial charge in [0.05, 0.1) is 7.11 Å².